The predicted molar refractivity (Wildman–Crippen MR) is 136 cm³/mol. The zero-order valence-corrected chi connectivity index (χ0v) is 20.6. The average Bonchev–Trinajstić information content (AvgIpc) is 3.00. The Morgan fingerprint density at radius 1 is 1.09 bits per heavy atom. The minimum atomic E-state index is 0.0603. The lowest BCUT2D eigenvalue weighted by molar-refractivity contribution is 0.193. The van der Waals surface area contributed by atoms with Gasteiger partial charge in [0, 0.05) is 36.4 Å². The van der Waals surface area contributed by atoms with Crippen LogP contribution in [0.3, 0.4) is 0 Å². The predicted octanol–water partition coefficient (Wildman–Crippen LogP) is 5.17. The van der Waals surface area contributed by atoms with E-state index < -0.39 is 0 Å². The standard InChI is InChI=1S/C27H35ClN4O/c1-3-31(4-2)16-6-15-30-27(33)32-17-12-20(13-18-32)25-24-11-10-23(28)19-22(24)9-8-21-7-5-14-29-26(21)25/h5,7,10-11,14,19H,3-4,6,8-9,12-13,15-18H2,1-2H3,(H,30,33). The summed E-state index contributed by atoms with van der Waals surface area (Å²) in [6, 6.07) is 10.5. The zero-order chi connectivity index (χ0) is 23.2. The molecule has 6 heteroatoms. The number of hydrogen-bond acceptors (Lipinski definition) is 3. The van der Waals surface area contributed by atoms with Crippen LogP contribution in [0.4, 0.5) is 4.79 Å². The van der Waals surface area contributed by atoms with E-state index in [9.17, 15) is 4.79 Å². The second kappa shape index (κ2) is 11.2. The molecule has 2 heterocycles. The van der Waals surface area contributed by atoms with Crippen LogP contribution < -0.4 is 5.32 Å². The monoisotopic (exact) mass is 466 g/mol. The molecule has 0 spiro atoms. The minimum absolute atomic E-state index is 0.0603. The first-order chi connectivity index (χ1) is 16.1. The summed E-state index contributed by atoms with van der Waals surface area (Å²) in [6.07, 6.45) is 6.56. The highest BCUT2D eigenvalue weighted by Gasteiger charge is 2.26. The molecule has 1 aromatic heterocycles. The highest BCUT2D eigenvalue weighted by atomic mass is 35.5. The summed E-state index contributed by atoms with van der Waals surface area (Å²) in [4.78, 5) is 21.9. The van der Waals surface area contributed by atoms with Gasteiger partial charge in [0.25, 0.3) is 0 Å². The third-order valence-corrected chi connectivity index (χ3v) is 7.19. The lowest BCUT2D eigenvalue weighted by Crippen LogP contribution is -2.44. The van der Waals surface area contributed by atoms with Crippen LogP contribution in [0.25, 0.3) is 5.57 Å². The number of benzene rings is 1. The molecule has 5 nitrogen and oxygen atoms in total. The number of halogens is 1. The molecule has 2 aromatic rings. The largest absolute Gasteiger partial charge is 0.338 e. The van der Waals surface area contributed by atoms with Crippen LogP contribution in [-0.2, 0) is 12.8 Å². The van der Waals surface area contributed by atoms with Crippen LogP contribution in [0.5, 0.6) is 0 Å². The molecule has 0 unspecified atom stereocenters. The van der Waals surface area contributed by atoms with Gasteiger partial charge in [-0.15, -0.1) is 0 Å². The maximum atomic E-state index is 12.7. The number of aryl methyl sites for hydroxylation is 2. The van der Waals surface area contributed by atoms with Crippen LogP contribution in [-0.4, -0.2) is 60.1 Å². The normalized spacial score (nSPS) is 15.8. The first kappa shape index (κ1) is 23.8. The quantitative estimate of drug-likeness (QED) is 0.597. The molecule has 1 aliphatic carbocycles. The van der Waals surface area contributed by atoms with Crippen molar-refractivity contribution in [2.24, 2.45) is 0 Å². The van der Waals surface area contributed by atoms with Crippen LogP contribution >= 0.6 is 11.6 Å². The molecule has 0 radical (unpaired) electrons. The number of urea groups is 1. The van der Waals surface area contributed by atoms with Gasteiger partial charge in [-0.05, 0) is 86.6 Å². The van der Waals surface area contributed by atoms with E-state index in [2.05, 4.69) is 42.3 Å². The molecule has 2 amide bonds. The second-order valence-electron chi connectivity index (χ2n) is 8.89. The van der Waals surface area contributed by atoms with Crippen molar-refractivity contribution in [1.29, 1.82) is 0 Å². The van der Waals surface area contributed by atoms with Gasteiger partial charge in [0.05, 0.1) is 5.69 Å². The van der Waals surface area contributed by atoms with Gasteiger partial charge < -0.3 is 15.1 Å². The highest BCUT2D eigenvalue weighted by molar-refractivity contribution is 6.30. The molecule has 1 N–H and O–H groups in total. The van der Waals surface area contributed by atoms with E-state index in [0.717, 1.165) is 82.1 Å². The fraction of sp³-hybridized carbons (Fsp3) is 0.481. The number of aromatic nitrogens is 1. The van der Waals surface area contributed by atoms with Crippen LogP contribution in [0, 0.1) is 0 Å². The molecule has 176 valence electrons. The summed E-state index contributed by atoms with van der Waals surface area (Å²) < 4.78 is 0. The lowest BCUT2D eigenvalue weighted by Gasteiger charge is -2.30. The van der Waals surface area contributed by atoms with Crippen molar-refractivity contribution >= 4 is 23.2 Å². The maximum Gasteiger partial charge on any atom is 0.317 e. The fourth-order valence-corrected chi connectivity index (χ4v) is 5.21. The number of carbonyl (C=O) groups is 1. The van der Waals surface area contributed by atoms with Gasteiger partial charge in [0.15, 0.2) is 0 Å². The number of fused-ring (bicyclic) bond motifs is 2. The smallest absolute Gasteiger partial charge is 0.317 e. The van der Waals surface area contributed by atoms with E-state index in [-0.39, 0.29) is 6.03 Å². The van der Waals surface area contributed by atoms with Gasteiger partial charge >= 0.3 is 6.03 Å². The maximum absolute atomic E-state index is 12.7. The second-order valence-corrected chi connectivity index (χ2v) is 9.33. The van der Waals surface area contributed by atoms with Crippen LogP contribution in [0.2, 0.25) is 5.02 Å². The molecule has 1 aliphatic heterocycles. The van der Waals surface area contributed by atoms with Crippen LogP contribution in [0.15, 0.2) is 42.1 Å². The van der Waals surface area contributed by atoms with Gasteiger partial charge in [-0.2, -0.15) is 0 Å². The Balaban J connectivity index is 1.47. The average molecular weight is 467 g/mol. The third kappa shape index (κ3) is 5.59. The number of nitrogens with zero attached hydrogens (tertiary/aromatic N) is 3. The molecule has 1 aromatic carbocycles. The van der Waals surface area contributed by atoms with Gasteiger partial charge in [0.2, 0.25) is 0 Å². The number of rotatable bonds is 6. The molecular weight excluding hydrogens is 432 g/mol. The third-order valence-electron chi connectivity index (χ3n) is 6.96. The molecule has 0 saturated carbocycles. The Morgan fingerprint density at radius 3 is 2.61 bits per heavy atom. The van der Waals surface area contributed by atoms with E-state index in [0.29, 0.717) is 0 Å². The van der Waals surface area contributed by atoms with Crippen molar-refractivity contribution in [2.75, 3.05) is 39.3 Å². The highest BCUT2D eigenvalue weighted by Crippen LogP contribution is 2.38. The van der Waals surface area contributed by atoms with E-state index in [1.165, 1.54) is 27.8 Å². The van der Waals surface area contributed by atoms with E-state index in [1.807, 2.05) is 23.2 Å². The van der Waals surface area contributed by atoms with Gasteiger partial charge in [-0.3, -0.25) is 4.98 Å². The number of amides is 2. The number of piperidine rings is 1. The van der Waals surface area contributed by atoms with Crippen molar-refractivity contribution in [3.8, 4) is 0 Å². The van der Waals surface area contributed by atoms with Crippen molar-refractivity contribution in [1.82, 2.24) is 20.1 Å². The summed E-state index contributed by atoms with van der Waals surface area (Å²) in [7, 11) is 0. The molecule has 1 saturated heterocycles. The summed E-state index contributed by atoms with van der Waals surface area (Å²) in [5.74, 6) is 0. The number of likely N-dealkylation sites (tertiary alicyclic amines) is 1. The Bertz CT molecular complexity index is 1000. The molecule has 33 heavy (non-hydrogen) atoms. The van der Waals surface area contributed by atoms with Crippen molar-refractivity contribution in [2.45, 2.75) is 46.0 Å². The Labute approximate surface area is 202 Å². The Kier molecular flexibility index (Phi) is 8.05. The SMILES string of the molecule is CCN(CC)CCCNC(=O)N1CCC(=C2c3ccc(Cl)cc3CCc3cccnc32)CC1. The summed E-state index contributed by atoms with van der Waals surface area (Å²) in [6.45, 7) is 9.71. The number of carbonyl (C=O) groups excluding carboxylic acids is 1. The summed E-state index contributed by atoms with van der Waals surface area (Å²) >= 11 is 6.33. The Morgan fingerprint density at radius 2 is 1.85 bits per heavy atom. The first-order valence-corrected chi connectivity index (χ1v) is 12.7. The van der Waals surface area contributed by atoms with Crippen molar-refractivity contribution in [3.63, 3.8) is 0 Å². The summed E-state index contributed by atoms with van der Waals surface area (Å²) in [5.41, 5.74) is 7.58. The minimum Gasteiger partial charge on any atom is -0.338 e. The van der Waals surface area contributed by atoms with Gasteiger partial charge in [0.1, 0.15) is 0 Å². The van der Waals surface area contributed by atoms with E-state index in [4.69, 9.17) is 16.6 Å². The topological polar surface area (TPSA) is 48.5 Å². The Hall–Kier alpha value is -2.37. The zero-order valence-electron chi connectivity index (χ0n) is 19.9. The molecule has 0 atom stereocenters. The molecule has 1 fully saturated rings. The number of pyridine rings is 1. The van der Waals surface area contributed by atoms with E-state index in [1.54, 1.807) is 0 Å². The molecule has 2 aliphatic rings. The van der Waals surface area contributed by atoms with Gasteiger partial charge in [-0.1, -0.05) is 43.2 Å². The lowest BCUT2D eigenvalue weighted by atomic mass is 9.88. The molecule has 4 rings (SSSR count). The fourth-order valence-electron chi connectivity index (χ4n) is 5.01. The van der Waals surface area contributed by atoms with Crippen LogP contribution in [0.1, 0.15) is 55.5 Å². The number of nitrogens with one attached hydrogen (secondary N) is 1. The molecular formula is C27H35ClN4O. The molecule has 0 bridgehead atoms. The number of hydrogen-bond donors (Lipinski definition) is 1. The first-order valence-electron chi connectivity index (χ1n) is 12.3. The van der Waals surface area contributed by atoms with E-state index >= 15 is 0 Å². The van der Waals surface area contributed by atoms with Crippen molar-refractivity contribution < 1.29 is 4.79 Å². The van der Waals surface area contributed by atoms with Crippen molar-refractivity contribution in [3.05, 3.63) is 69.5 Å². The van der Waals surface area contributed by atoms with Gasteiger partial charge in [-0.25, -0.2) is 4.79 Å². The summed E-state index contributed by atoms with van der Waals surface area (Å²) in [5, 5.41) is 3.90.